The third-order valence-corrected chi connectivity index (χ3v) is 15.6. The van der Waals surface area contributed by atoms with E-state index in [1.54, 1.807) is 8.87 Å². The van der Waals surface area contributed by atoms with E-state index in [0.717, 1.165) is 25.7 Å². The molecule has 2 unspecified atom stereocenters. The van der Waals surface area contributed by atoms with Crippen LogP contribution in [0.1, 0.15) is 246 Å². The molecular weight excluding hydrogens is 847 g/mol. The van der Waals surface area contributed by atoms with Crippen LogP contribution in [0.15, 0.2) is 24.3 Å². The molecule has 0 aliphatic heterocycles. The van der Waals surface area contributed by atoms with Crippen LogP contribution in [-0.2, 0) is 9.59 Å². The maximum atomic E-state index is 10.8. The molecule has 0 rings (SSSR count). The zero-order chi connectivity index (χ0) is 42.7. The van der Waals surface area contributed by atoms with Crippen LogP contribution in [0.3, 0.4) is 0 Å². The number of hydrogen-bond donors (Lipinski definition) is 2. The molecule has 0 fully saturated rings. The van der Waals surface area contributed by atoms with Crippen molar-refractivity contribution < 1.29 is 19.8 Å². The van der Waals surface area contributed by atoms with Gasteiger partial charge < -0.3 is 19.8 Å². The molecule has 0 radical (unpaired) electrons. The number of carboxylic acid groups (broad SMARTS) is 2. The number of rotatable bonds is 42. The number of hydrogen-bond acceptors (Lipinski definition) is 6. The number of unbranched alkanes of at least 4 members (excludes halogenated alkanes) is 26. The fraction of sp³-hybridized carbons (Fsp3) is 0.880. The van der Waals surface area contributed by atoms with E-state index in [1.807, 2.05) is 0 Å². The molecule has 0 aromatic heterocycles. The van der Waals surface area contributed by atoms with Gasteiger partial charge in [0, 0.05) is 23.8 Å². The summed E-state index contributed by atoms with van der Waals surface area (Å²) in [6.45, 7) is 9.11. The van der Waals surface area contributed by atoms with Gasteiger partial charge in [-0.15, -0.1) is 0 Å². The number of carbonyl (C=O) groups is 2. The van der Waals surface area contributed by atoms with E-state index in [9.17, 15) is 19.8 Å². The van der Waals surface area contributed by atoms with E-state index in [1.165, 1.54) is 180 Å². The summed E-state index contributed by atoms with van der Waals surface area (Å²) in [5.41, 5.74) is 0. The molecule has 0 bridgehead atoms. The van der Waals surface area contributed by atoms with Crippen molar-refractivity contribution in [2.24, 2.45) is 11.8 Å². The van der Waals surface area contributed by atoms with E-state index < -0.39 is 11.9 Å². The predicted octanol–water partition coefficient (Wildman–Crippen LogP) is 14.5. The standard InChI is InChI=1S/2C21H40O2S.2C4H9.Sn/c2*1-2-3-4-5-6-7-8-9-10-11-12-13-14-15-16-17-18-20(19-24)21(22)23;2*1-3-4-2;/h2*9-10,20,24H,2-8,11-19H2,1H3,(H,22,23);2*1,3-4H2,2H3;/q;;;;+2/p-2. The second-order valence-electron chi connectivity index (χ2n) is 16.3. The van der Waals surface area contributed by atoms with Crippen LogP contribution in [0, 0.1) is 11.8 Å². The van der Waals surface area contributed by atoms with Gasteiger partial charge in [-0.2, -0.15) is 25.3 Å². The van der Waals surface area contributed by atoms with Crippen LogP contribution in [-0.4, -0.2) is 44.6 Å². The summed E-state index contributed by atoms with van der Waals surface area (Å²) < 4.78 is 3.25. The van der Waals surface area contributed by atoms with E-state index in [4.69, 9.17) is 0 Å². The summed E-state index contributed by atoms with van der Waals surface area (Å²) in [4.78, 5) is 21.5. The summed E-state index contributed by atoms with van der Waals surface area (Å²) in [6, 6.07) is 0. The van der Waals surface area contributed by atoms with Gasteiger partial charge in [-0.1, -0.05) is 167 Å². The first kappa shape index (κ1) is 61.2. The quantitative estimate of drug-likeness (QED) is 0.0277. The number of carbonyl (C=O) groups excluding carboxylic acids is 2. The summed E-state index contributed by atoms with van der Waals surface area (Å²) in [6.07, 6.45) is 52.5. The molecule has 4 nitrogen and oxygen atoms in total. The van der Waals surface area contributed by atoms with Crippen molar-refractivity contribution in [3.05, 3.63) is 24.3 Å². The SMILES string of the molecule is CCCCCCCCC=CCCCCCCCCC(CS)C(=O)[O-].CCCCCCCCC=CCCCCCCCCC(CS)C(=O)[O-].CCC[CH2][Sn+2][CH2]CCC. The van der Waals surface area contributed by atoms with Gasteiger partial charge in [-0.25, -0.2) is 0 Å². The Hall–Kier alpha value is -0.0813. The molecule has 0 spiro atoms. The fourth-order valence-electron chi connectivity index (χ4n) is 6.57. The summed E-state index contributed by atoms with van der Waals surface area (Å²) in [5.74, 6) is -1.84. The molecule has 57 heavy (non-hydrogen) atoms. The molecule has 2 atom stereocenters. The van der Waals surface area contributed by atoms with Gasteiger partial charge in [0.15, 0.2) is 0 Å². The molecule has 336 valence electrons. The van der Waals surface area contributed by atoms with Gasteiger partial charge in [0.1, 0.15) is 0 Å². The molecule has 0 amide bonds. The van der Waals surface area contributed by atoms with Crippen molar-refractivity contribution in [2.45, 2.75) is 255 Å². The number of carboxylic acids is 2. The minimum absolute atomic E-state index is 0.149. The van der Waals surface area contributed by atoms with Gasteiger partial charge in [0.2, 0.25) is 0 Å². The predicted molar refractivity (Wildman–Crippen MR) is 258 cm³/mol. The van der Waals surface area contributed by atoms with Crippen molar-refractivity contribution in [3.63, 3.8) is 0 Å². The molecule has 0 aromatic carbocycles. The molecule has 0 saturated heterocycles. The van der Waals surface area contributed by atoms with Gasteiger partial charge >= 0.3 is 69.5 Å². The van der Waals surface area contributed by atoms with Crippen LogP contribution in [0.5, 0.6) is 0 Å². The molecule has 0 heterocycles. The van der Waals surface area contributed by atoms with E-state index >= 15 is 0 Å². The van der Waals surface area contributed by atoms with Crippen molar-refractivity contribution in [3.8, 4) is 0 Å². The summed E-state index contributed by atoms with van der Waals surface area (Å²) >= 11 is 8.27. The Morgan fingerprint density at radius 2 is 0.649 bits per heavy atom. The summed E-state index contributed by atoms with van der Waals surface area (Å²) in [5, 5.41) is 21.5. The minimum atomic E-state index is -0.947. The second-order valence-corrected chi connectivity index (χ2v) is 21.3. The third kappa shape index (κ3) is 55.9. The maximum absolute atomic E-state index is 10.8. The van der Waals surface area contributed by atoms with E-state index in [0.29, 0.717) is 24.3 Å². The Labute approximate surface area is 378 Å². The average molecular weight is 944 g/mol. The molecule has 0 saturated carbocycles. The van der Waals surface area contributed by atoms with Crippen LogP contribution in [0.25, 0.3) is 0 Å². The van der Waals surface area contributed by atoms with Gasteiger partial charge in [0.05, 0.1) is 0 Å². The normalized spacial score (nSPS) is 12.2. The fourth-order valence-corrected chi connectivity index (χ4v) is 11.4. The Morgan fingerprint density at radius 1 is 0.404 bits per heavy atom. The molecular formula is C50H96O4S2Sn. The summed E-state index contributed by atoms with van der Waals surface area (Å²) in [7, 11) is 0. The van der Waals surface area contributed by atoms with Crippen molar-refractivity contribution in [2.75, 3.05) is 11.5 Å². The van der Waals surface area contributed by atoms with E-state index in [-0.39, 0.29) is 33.0 Å². The van der Waals surface area contributed by atoms with Gasteiger partial charge in [-0.3, -0.25) is 0 Å². The first-order chi connectivity index (χ1) is 27.9. The van der Waals surface area contributed by atoms with E-state index in [2.05, 4.69) is 77.3 Å². The number of allylic oxidation sites excluding steroid dienone is 4. The van der Waals surface area contributed by atoms with Crippen LogP contribution in [0.4, 0.5) is 0 Å². The van der Waals surface area contributed by atoms with Crippen LogP contribution in [0.2, 0.25) is 8.87 Å². The first-order valence-corrected chi connectivity index (χ1v) is 29.8. The Morgan fingerprint density at radius 3 is 0.895 bits per heavy atom. The number of aliphatic carboxylic acids is 2. The Bertz CT molecular complexity index is 771. The molecule has 0 aliphatic carbocycles. The molecule has 0 N–H and O–H groups in total. The number of thiol groups is 2. The van der Waals surface area contributed by atoms with Gasteiger partial charge in [0.25, 0.3) is 0 Å². The third-order valence-electron chi connectivity index (χ3n) is 10.7. The Balaban J connectivity index is -0.000000843. The average Bonchev–Trinajstić information content (AvgIpc) is 3.20. The molecule has 7 heteroatoms. The zero-order valence-corrected chi connectivity index (χ0v) is 43.0. The van der Waals surface area contributed by atoms with Crippen LogP contribution >= 0.6 is 25.3 Å². The van der Waals surface area contributed by atoms with Crippen molar-refractivity contribution in [1.82, 2.24) is 0 Å². The van der Waals surface area contributed by atoms with Crippen molar-refractivity contribution >= 4 is 58.3 Å². The van der Waals surface area contributed by atoms with Crippen molar-refractivity contribution in [1.29, 1.82) is 0 Å². The molecule has 0 aliphatic rings. The first-order valence-electron chi connectivity index (χ1n) is 24.5. The second kappa shape index (κ2) is 55.9. The topological polar surface area (TPSA) is 80.3 Å². The van der Waals surface area contributed by atoms with Gasteiger partial charge in [-0.05, 0) is 75.7 Å². The molecule has 0 aromatic rings. The Kier molecular flexibility index (Phi) is 60.1. The zero-order valence-electron chi connectivity index (χ0n) is 38.4. The monoisotopic (exact) mass is 945 g/mol. The van der Waals surface area contributed by atoms with Crippen LogP contribution < -0.4 is 10.2 Å².